The maximum Gasteiger partial charge on any atom is 0.243 e. The van der Waals surface area contributed by atoms with Crippen LogP contribution in [0.3, 0.4) is 0 Å². The van der Waals surface area contributed by atoms with Crippen LogP contribution in [0.2, 0.25) is 0 Å². The first-order valence-electron chi connectivity index (χ1n) is 12.4. The van der Waals surface area contributed by atoms with Gasteiger partial charge in [-0.3, -0.25) is 9.59 Å². The summed E-state index contributed by atoms with van der Waals surface area (Å²) in [7, 11) is 0. The van der Waals surface area contributed by atoms with Gasteiger partial charge in [-0.05, 0) is 42.2 Å². The van der Waals surface area contributed by atoms with Crippen molar-refractivity contribution in [1.29, 1.82) is 0 Å². The second kappa shape index (κ2) is 14.4. The molecule has 6 heteroatoms. The van der Waals surface area contributed by atoms with Crippen LogP contribution in [-0.2, 0) is 28.3 Å². The molecule has 0 unspecified atom stereocenters. The highest BCUT2D eigenvalue weighted by Gasteiger charge is 2.30. The Morgan fingerprint density at radius 3 is 2.36 bits per heavy atom. The van der Waals surface area contributed by atoms with E-state index in [2.05, 4.69) is 37.4 Å². The van der Waals surface area contributed by atoms with Crippen molar-refractivity contribution < 1.29 is 14.0 Å². The van der Waals surface area contributed by atoms with E-state index in [9.17, 15) is 14.0 Å². The number of hydrogen-bond acceptors (Lipinski definition) is 3. The number of aryl methyl sites for hydroxylation is 1. The molecule has 0 heterocycles. The van der Waals surface area contributed by atoms with Gasteiger partial charge >= 0.3 is 0 Å². The molecule has 1 atom stereocenters. The zero-order valence-corrected chi connectivity index (χ0v) is 21.9. The minimum absolute atomic E-state index is 0.108. The van der Waals surface area contributed by atoms with Crippen molar-refractivity contribution in [2.75, 3.05) is 12.3 Å². The van der Waals surface area contributed by atoms with Gasteiger partial charge in [0.25, 0.3) is 0 Å². The van der Waals surface area contributed by atoms with Crippen LogP contribution < -0.4 is 5.32 Å². The zero-order valence-electron chi connectivity index (χ0n) is 21.1. The van der Waals surface area contributed by atoms with Gasteiger partial charge in [0.05, 0.1) is 5.75 Å². The predicted octanol–water partition coefficient (Wildman–Crippen LogP) is 5.92. The third-order valence-corrected chi connectivity index (χ3v) is 6.93. The molecule has 0 aliphatic carbocycles. The molecule has 3 aromatic rings. The van der Waals surface area contributed by atoms with Crippen molar-refractivity contribution in [3.63, 3.8) is 0 Å². The fraction of sp³-hybridized carbons (Fsp3) is 0.333. The van der Waals surface area contributed by atoms with E-state index >= 15 is 0 Å². The maximum absolute atomic E-state index is 13.6. The molecule has 3 rings (SSSR count). The standard InChI is InChI=1S/C30H35FN2O2S/c1-3-4-17-32-30(35)28(19-24-10-6-5-7-11-24)33(20-25-13-15-27(31)16-14-25)29(34)22-36-21-26-12-8-9-23(2)18-26/h5-16,18,28H,3-4,17,19-22H2,1-2H3,(H,32,35)/t28-/m0/s1. The number of hydrogen-bond donors (Lipinski definition) is 1. The van der Waals surface area contributed by atoms with Gasteiger partial charge in [-0.15, -0.1) is 11.8 Å². The molecule has 0 aliphatic heterocycles. The molecule has 0 bridgehead atoms. The van der Waals surface area contributed by atoms with Crippen molar-refractivity contribution in [3.8, 4) is 0 Å². The quantitative estimate of drug-likeness (QED) is 0.293. The molecule has 0 radical (unpaired) electrons. The van der Waals surface area contributed by atoms with E-state index in [4.69, 9.17) is 0 Å². The highest BCUT2D eigenvalue weighted by molar-refractivity contribution is 7.99. The Hall–Kier alpha value is -3.12. The number of amides is 2. The lowest BCUT2D eigenvalue weighted by Gasteiger charge is -2.31. The summed E-state index contributed by atoms with van der Waals surface area (Å²) in [6.07, 6.45) is 2.26. The van der Waals surface area contributed by atoms with Gasteiger partial charge in [-0.1, -0.05) is 85.6 Å². The van der Waals surface area contributed by atoms with Gasteiger partial charge in [0, 0.05) is 25.3 Å². The first kappa shape index (κ1) is 27.5. The Morgan fingerprint density at radius 2 is 1.67 bits per heavy atom. The van der Waals surface area contributed by atoms with E-state index in [1.165, 1.54) is 29.5 Å². The van der Waals surface area contributed by atoms with Gasteiger partial charge in [0.15, 0.2) is 0 Å². The summed E-state index contributed by atoms with van der Waals surface area (Å²) in [6, 6.07) is 23.4. The minimum atomic E-state index is -0.665. The topological polar surface area (TPSA) is 49.4 Å². The highest BCUT2D eigenvalue weighted by atomic mass is 32.2. The molecule has 36 heavy (non-hydrogen) atoms. The number of nitrogens with zero attached hydrogens (tertiary/aromatic N) is 1. The SMILES string of the molecule is CCCCNC(=O)[C@H](Cc1ccccc1)N(Cc1ccc(F)cc1)C(=O)CSCc1cccc(C)c1. The Kier molecular flexibility index (Phi) is 11.0. The number of carbonyl (C=O) groups excluding carboxylic acids is 2. The van der Waals surface area contributed by atoms with Crippen molar-refractivity contribution in [3.05, 3.63) is 107 Å². The van der Waals surface area contributed by atoms with Gasteiger partial charge in [-0.25, -0.2) is 4.39 Å². The Morgan fingerprint density at radius 1 is 0.944 bits per heavy atom. The molecule has 4 nitrogen and oxygen atoms in total. The Bertz CT molecular complexity index is 1110. The molecule has 0 aromatic heterocycles. The smallest absolute Gasteiger partial charge is 0.243 e. The van der Waals surface area contributed by atoms with Crippen LogP contribution in [0.4, 0.5) is 4.39 Å². The first-order chi connectivity index (χ1) is 17.5. The number of nitrogens with one attached hydrogen (secondary N) is 1. The van der Waals surface area contributed by atoms with Gasteiger partial charge < -0.3 is 10.2 Å². The van der Waals surface area contributed by atoms with Crippen LogP contribution in [0.5, 0.6) is 0 Å². The lowest BCUT2D eigenvalue weighted by atomic mass is 10.0. The van der Waals surface area contributed by atoms with Crippen molar-refractivity contribution in [2.45, 2.75) is 51.4 Å². The molecule has 3 aromatic carbocycles. The molecule has 0 spiro atoms. The maximum atomic E-state index is 13.6. The number of carbonyl (C=O) groups is 2. The summed E-state index contributed by atoms with van der Waals surface area (Å²) in [5, 5.41) is 3.02. The lowest BCUT2D eigenvalue weighted by Crippen LogP contribution is -2.51. The summed E-state index contributed by atoms with van der Waals surface area (Å²) in [4.78, 5) is 28.6. The Labute approximate surface area is 218 Å². The minimum Gasteiger partial charge on any atom is -0.354 e. The van der Waals surface area contributed by atoms with E-state index in [0.717, 1.165) is 29.5 Å². The molecule has 0 saturated carbocycles. The molecule has 0 saturated heterocycles. The van der Waals surface area contributed by atoms with Crippen molar-refractivity contribution in [1.82, 2.24) is 10.2 Å². The van der Waals surface area contributed by atoms with Crippen LogP contribution >= 0.6 is 11.8 Å². The first-order valence-corrected chi connectivity index (χ1v) is 13.6. The summed E-state index contributed by atoms with van der Waals surface area (Å²) in [5.74, 6) is 0.366. The molecule has 1 N–H and O–H groups in total. The van der Waals surface area contributed by atoms with Crippen LogP contribution in [0.15, 0.2) is 78.9 Å². The van der Waals surface area contributed by atoms with E-state index in [1.54, 1.807) is 17.0 Å². The van der Waals surface area contributed by atoms with Gasteiger partial charge in [0.1, 0.15) is 11.9 Å². The molecule has 0 aliphatic rings. The molecule has 190 valence electrons. The summed E-state index contributed by atoms with van der Waals surface area (Å²) >= 11 is 1.54. The fourth-order valence-corrected chi connectivity index (χ4v) is 4.85. The largest absolute Gasteiger partial charge is 0.354 e. The summed E-state index contributed by atoms with van der Waals surface area (Å²) in [5.41, 5.74) is 4.12. The monoisotopic (exact) mass is 506 g/mol. The average molecular weight is 507 g/mol. The number of halogens is 1. The number of benzene rings is 3. The average Bonchev–Trinajstić information content (AvgIpc) is 2.88. The molecule has 0 fully saturated rings. The normalized spacial score (nSPS) is 11.6. The van der Waals surface area contributed by atoms with Crippen molar-refractivity contribution >= 4 is 23.6 Å². The van der Waals surface area contributed by atoms with Crippen LogP contribution in [0.25, 0.3) is 0 Å². The lowest BCUT2D eigenvalue weighted by molar-refractivity contribution is -0.139. The van der Waals surface area contributed by atoms with Crippen molar-refractivity contribution in [2.24, 2.45) is 0 Å². The second-order valence-electron chi connectivity index (χ2n) is 8.98. The van der Waals surface area contributed by atoms with E-state index < -0.39 is 6.04 Å². The fourth-order valence-electron chi connectivity index (χ4n) is 3.99. The van der Waals surface area contributed by atoms with E-state index in [-0.39, 0.29) is 29.9 Å². The number of thioether (sulfide) groups is 1. The third kappa shape index (κ3) is 8.83. The molecular formula is C30H35FN2O2S. The third-order valence-electron chi connectivity index (χ3n) is 5.94. The van der Waals surface area contributed by atoms with E-state index in [0.29, 0.717) is 18.7 Å². The number of rotatable bonds is 13. The summed E-state index contributed by atoms with van der Waals surface area (Å²) < 4.78 is 13.5. The zero-order chi connectivity index (χ0) is 25.8. The van der Waals surface area contributed by atoms with Gasteiger partial charge in [-0.2, -0.15) is 0 Å². The Balaban J connectivity index is 1.82. The van der Waals surface area contributed by atoms with Crippen LogP contribution in [0.1, 0.15) is 42.0 Å². The van der Waals surface area contributed by atoms with E-state index in [1.807, 2.05) is 36.4 Å². The molecule has 2 amide bonds. The van der Waals surface area contributed by atoms with Crippen LogP contribution in [0, 0.1) is 12.7 Å². The highest BCUT2D eigenvalue weighted by Crippen LogP contribution is 2.19. The predicted molar refractivity (Wildman–Crippen MR) is 146 cm³/mol. The van der Waals surface area contributed by atoms with Gasteiger partial charge in [0.2, 0.25) is 11.8 Å². The second-order valence-corrected chi connectivity index (χ2v) is 9.97. The van der Waals surface area contributed by atoms with Crippen LogP contribution in [-0.4, -0.2) is 35.1 Å². The molecular weight excluding hydrogens is 471 g/mol. The summed E-state index contributed by atoms with van der Waals surface area (Å²) in [6.45, 7) is 4.93. The number of unbranched alkanes of at least 4 members (excludes halogenated alkanes) is 1.